The van der Waals surface area contributed by atoms with Crippen molar-refractivity contribution >= 4 is 34.8 Å². The maximum atomic E-state index is 12.9. The topological polar surface area (TPSA) is 53.2 Å². The lowest BCUT2D eigenvalue weighted by Gasteiger charge is -2.21. The van der Waals surface area contributed by atoms with Crippen molar-refractivity contribution in [3.63, 3.8) is 0 Å². The van der Waals surface area contributed by atoms with Gasteiger partial charge in [-0.25, -0.2) is 4.39 Å². The molecule has 0 fully saturated rings. The van der Waals surface area contributed by atoms with Crippen LogP contribution in [0.5, 0.6) is 0 Å². The second-order valence-corrected chi connectivity index (χ2v) is 7.04. The predicted molar refractivity (Wildman–Crippen MR) is 106 cm³/mol. The third kappa shape index (κ3) is 5.97. The van der Waals surface area contributed by atoms with Crippen molar-refractivity contribution in [1.29, 1.82) is 0 Å². The largest absolute Gasteiger partial charge is 0.357 e. The van der Waals surface area contributed by atoms with Gasteiger partial charge in [0.2, 0.25) is 5.91 Å². The number of halogens is 2. The molecule has 0 bridgehead atoms. The summed E-state index contributed by atoms with van der Waals surface area (Å²) in [7, 11) is 0. The molecule has 26 heavy (non-hydrogen) atoms. The summed E-state index contributed by atoms with van der Waals surface area (Å²) in [5.74, 6) is -0.713. The number of hydrogen-bond acceptors (Lipinski definition) is 2. The Morgan fingerprint density at radius 2 is 1.69 bits per heavy atom. The molecule has 0 unspecified atom stereocenters. The number of carbonyl (C=O) groups is 1. The Morgan fingerprint density at radius 3 is 2.27 bits per heavy atom. The van der Waals surface area contributed by atoms with Crippen molar-refractivity contribution in [1.82, 2.24) is 16.2 Å². The molecule has 0 radical (unpaired) electrons. The summed E-state index contributed by atoms with van der Waals surface area (Å²) >= 11 is 11.1. The van der Waals surface area contributed by atoms with E-state index in [1.807, 2.05) is 26.0 Å². The molecule has 0 saturated heterocycles. The standard InChI is InChI=1S/C19H21ClFN3OS/c1-12(2)17(14-5-7-15(20)8-6-14)18(25)23-24-19(26)22-11-13-3-9-16(21)10-4-13/h3-10,12,17H,11H2,1-2H3,(H,23,25)(H2,22,24,26)/t17-/m1/s1. The number of amides is 1. The molecule has 2 rings (SSSR count). The first-order chi connectivity index (χ1) is 12.4. The van der Waals surface area contributed by atoms with Crippen LogP contribution in [0.2, 0.25) is 5.02 Å². The van der Waals surface area contributed by atoms with E-state index in [2.05, 4.69) is 16.2 Å². The molecular formula is C19H21ClFN3OS. The van der Waals surface area contributed by atoms with Crippen molar-refractivity contribution in [3.8, 4) is 0 Å². The Balaban J connectivity index is 1.87. The second kappa shape index (κ2) is 9.50. The first-order valence-corrected chi connectivity index (χ1v) is 8.99. The molecule has 1 atom stereocenters. The normalized spacial score (nSPS) is 11.7. The Morgan fingerprint density at radius 1 is 1.08 bits per heavy atom. The Hall–Kier alpha value is -2.18. The minimum atomic E-state index is -0.334. The predicted octanol–water partition coefficient (Wildman–Crippen LogP) is 3.91. The van der Waals surface area contributed by atoms with Crippen molar-refractivity contribution in [2.75, 3.05) is 0 Å². The molecule has 0 saturated carbocycles. The maximum absolute atomic E-state index is 12.9. The van der Waals surface area contributed by atoms with Crippen LogP contribution in [-0.2, 0) is 11.3 Å². The summed E-state index contributed by atoms with van der Waals surface area (Å²) in [6.45, 7) is 4.38. The summed E-state index contributed by atoms with van der Waals surface area (Å²) in [6.07, 6.45) is 0. The van der Waals surface area contributed by atoms with Gasteiger partial charge in [-0.1, -0.05) is 49.7 Å². The lowest BCUT2D eigenvalue weighted by Crippen LogP contribution is -2.48. The number of hydrazine groups is 1. The molecule has 0 aliphatic heterocycles. The number of hydrogen-bond donors (Lipinski definition) is 3. The summed E-state index contributed by atoms with van der Waals surface area (Å²) in [4.78, 5) is 12.6. The van der Waals surface area contributed by atoms with E-state index < -0.39 is 0 Å². The van der Waals surface area contributed by atoms with Crippen LogP contribution < -0.4 is 16.2 Å². The van der Waals surface area contributed by atoms with Crippen LogP contribution in [0.3, 0.4) is 0 Å². The zero-order chi connectivity index (χ0) is 19.1. The van der Waals surface area contributed by atoms with Crippen LogP contribution in [0.15, 0.2) is 48.5 Å². The van der Waals surface area contributed by atoms with E-state index >= 15 is 0 Å². The van der Waals surface area contributed by atoms with Crippen LogP contribution in [-0.4, -0.2) is 11.0 Å². The van der Waals surface area contributed by atoms with Gasteiger partial charge in [-0.3, -0.25) is 15.6 Å². The highest BCUT2D eigenvalue weighted by Crippen LogP contribution is 2.25. The fourth-order valence-electron chi connectivity index (χ4n) is 2.53. The van der Waals surface area contributed by atoms with E-state index in [0.717, 1.165) is 11.1 Å². The van der Waals surface area contributed by atoms with Gasteiger partial charge >= 0.3 is 0 Å². The zero-order valence-electron chi connectivity index (χ0n) is 14.6. The number of benzene rings is 2. The van der Waals surface area contributed by atoms with Crippen molar-refractivity contribution in [2.45, 2.75) is 26.3 Å². The molecule has 0 spiro atoms. The molecule has 7 heteroatoms. The fraction of sp³-hybridized carbons (Fsp3) is 0.263. The van der Waals surface area contributed by atoms with Crippen molar-refractivity contribution < 1.29 is 9.18 Å². The molecule has 1 amide bonds. The second-order valence-electron chi connectivity index (χ2n) is 6.20. The highest BCUT2D eigenvalue weighted by Gasteiger charge is 2.24. The highest BCUT2D eigenvalue weighted by molar-refractivity contribution is 7.80. The summed E-state index contributed by atoms with van der Waals surface area (Å²) in [5.41, 5.74) is 7.10. The number of thiocarbonyl (C=S) groups is 1. The molecule has 0 aliphatic rings. The Labute approximate surface area is 163 Å². The molecule has 4 nitrogen and oxygen atoms in total. The third-order valence-corrected chi connectivity index (χ3v) is 4.34. The SMILES string of the molecule is CC(C)[C@@H](C(=O)NNC(=S)NCc1ccc(F)cc1)c1ccc(Cl)cc1. The van der Waals surface area contributed by atoms with E-state index in [1.165, 1.54) is 12.1 Å². The van der Waals surface area contributed by atoms with Gasteiger partial charge < -0.3 is 5.32 Å². The quantitative estimate of drug-likeness (QED) is 0.532. The number of nitrogens with one attached hydrogen (secondary N) is 3. The Kier molecular flexibility index (Phi) is 7.36. The zero-order valence-corrected chi connectivity index (χ0v) is 16.1. The van der Waals surface area contributed by atoms with Crippen LogP contribution in [0, 0.1) is 11.7 Å². The van der Waals surface area contributed by atoms with Gasteiger partial charge in [0.05, 0.1) is 5.92 Å². The van der Waals surface area contributed by atoms with Gasteiger partial charge in [-0.05, 0) is 53.5 Å². The summed E-state index contributed by atoms with van der Waals surface area (Å²) in [5, 5.41) is 3.86. The van der Waals surface area contributed by atoms with Gasteiger partial charge in [0.1, 0.15) is 5.82 Å². The monoisotopic (exact) mass is 393 g/mol. The first kappa shape index (κ1) is 20.1. The molecule has 0 aliphatic carbocycles. The number of carbonyl (C=O) groups excluding carboxylic acids is 1. The Bertz CT molecular complexity index is 750. The lowest BCUT2D eigenvalue weighted by atomic mass is 9.88. The maximum Gasteiger partial charge on any atom is 0.246 e. The summed E-state index contributed by atoms with van der Waals surface area (Å²) < 4.78 is 12.9. The molecule has 3 N–H and O–H groups in total. The molecule has 138 valence electrons. The molecule has 0 aromatic heterocycles. The van der Waals surface area contributed by atoms with Gasteiger partial charge in [-0.15, -0.1) is 0 Å². The van der Waals surface area contributed by atoms with E-state index in [-0.39, 0.29) is 28.7 Å². The minimum absolute atomic E-state index is 0.0960. The number of rotatable bonds is 5. The molecule has 2 aromatic rings. The molecule has 0 heterocycles. The average molecular weight is 394 g/mol. The van der Waals surface area contributed by atoms with Gasteiger partial charge in [0.15, 0.2) is 5.11 Å². The third-order valence-electron chi connectivity index (χ3n) is 3.84. The van der Waals surface area contributed by atoms with Crippen molar-refractivity contribution in [3.05, 3.63) is 70.5 Å². The molecular weight excluding hydrogens is 373 g/mol. The highest BCUT2D eigenvalue weighted by atomic mass is 35.5. The van der Waals surface area contributed by atoms with Gasteiger partial charge in [-0.2, -0.15) is 0 Å². The van der Waals surface area contributed by atoms with Crippen LogP contribution in [0.1, 0.15) is 30.9 Å². The van der Waals surface area contributed by atoms with E-state index in [1.54, 1.807) is 24.3 Å². The minimum Gasteiger partial charge on any atom is -0.357 e. The van der Waals surface area contributed by atoms with E-state index in [0.29, 0.717) is 11.6 Å². The van der Waals surface area contributed by atoms with Gasteiger partial charge in [0.25, 0.3) is 0 Å². The first-order valence-electron chi connectivity index (χ1n) is 8.20. The average Bonchev–Trinajstić information content (AvgIpc) is 2.61. The molecule has 2 aromatic carbocycles. The smallest absolute Gasteiger partial charge is 0.246 e. The van der Waals surface area contributed by atoms with E-state index in [9.17, 15) is 9.18 Å². The van der Waals surface area contributed by atoms with Crippen LogP contribution >= 0.6 is 23.8 Å². The van der Waals surface area contributed by atoms with Gasteiger partial charge in [0, 0.05) is 11.6 Å². The lowest BCUT2D eigenvalue weighted by molar-refractivity contribution is -0.124. The summed E-state index contributed by atoms with van der Waals surface area (Å²) in [6, 6.07) is 13.3. The van der Waals surface area contributed by atoms with E-state index in [4.69, 9.17) is 23.8 Å². The fourth-order valence-corrected chi connectivity index (χ4v) is 2.78. The van der Waals surface area contributed by atoms with Crippen LogP contribution in [0.4, 0.5) is 4.39 Å². The van der Waals surface area contributed by atoms with Crippen molar-refractivity contribution in [2.24, 2.45) is 5.92 Å². The van der Waals surface area contributed by atoms with Crippen LogP contribution in [0.25, 0.3) is 0 Å².